The van der Waals surface area contributed by atoms with Gasteiger partial charge in [-0.3, -0.25) is 14.2 Å². The van der Waals surface area contributed by atoms with Gasteiger partial charge in [-0.2, -0.15) is 0 Å². The SMILES string of the molecule is CCc1ccccc1-n1cc(C(C)=O)ccc1=O. The lowest BCUT2D eigenvalue weighted by atomic mass is 10.1. The molecule has 1 heterocycles. The minimum Gasteiger partial charge on any atom is -0.294 e. The van der Waals surface area contributed by atoms with Gasteiger partial charge >= 0.3 is 0 Å². The molecular weight excluding hydrogens is 226 g/mol. The van der Waals surface area contributed by atoms with Crippen molar-refractivity contribution in [3.05, 3.63) is 64.1 Å². The summed E-state index contributed by atoms with van der Waals surface area (Å²) in [6.45, 7) is 3.54. The maximum Gasteiger partial charge on any atom is 0.255 e. The molecule has 18 heavy (non-hydrogen) atoms. The van der Waals surface area contributed by atoms with Crippen LogP contribution in [0.5, 0.6) is 0 Å². The van der Waals surface area contributed by atoms with Crippen molar-refractivity contribution in [3.8, 4) is 5.69 Å². The highest BCUT2D eigenvalue weighted by Gasteiger charge is 2.07. The van der Waals surface area contributed by atoms with Crippen molar-refractivity contribution in [1.29, 1.82) is 0 Å². The van der Waals surface area contributed by atoms with E-state index < -0.39 is 0 Å². The van der Waals surface area contributed by atoms with E-state index in [1.165, 1.54) is 17.6 Å². The van der Waals surface area contributed by atoms with Crippen LogP contribution >= 0.6 is 0 Å². The van der Waals surface area contributed by atoms with E-state index in [9.17, 15) is 9.59 Å². The number of carbonyl (C=O) groups is 1. The molecule has 1 aromatic carbocycles. The van der Waals surface area contributed by atoms with Crippen molar-refractivity contribution in [2.45, 2.75) is 20.3 Å². The van der Waals surface area contributed by atoms with Crippen molar-refractivity contribution in [1.82, 2.24) is 4.57 Å². The van der Waals surface area contributed by atoms with E-state index in [1.54, 1.807) is 12.3 Å². The first-order valence-corrected chi connectivity index (χ1v) is 5.95. The second-order valence-corrected chi connectivity index (χ2v) is 4.16. The maximum absolute atomic E-state index is 11.9. The van der Waals surface area contributed by atoms with Crippen molar-refractivity contribution in [2.24, 2.45) is 0 Å². The highest BCUT2D eigenvalue weighted by molar-refractivity contribution is 5.93. The molecule has 0 fully saturated rings. The minimum absolute atomic E-state index is 0.0438. The second kappa shape index (κ2) is 5.00. The van der Waals surface area contributed by atoms with Crippen LogP contribution < -0.4 is 5.56 Å². The van der Waals surface area contributed by atoms with Crippen LogP contribution in [0.25, 0.3) is 5.69 Å². The van der Waals surface area contributed by atoms with E-state index in [-0.39, 0.29) is 11.3 Å². The van der Waals surface area contributed by atoms with Crippen LogP contribution in [-0.4, -0.2) is 10.4 Å². The third-order valence-corrected chi connectivity index (χ3v) is 2.95. The van der Waals surface area contributed by atoms with Gasteiger partial charge in [-0.25, -0.2) is 0 Å². The molecule has 2 aromatic rings. The zero-order valence-electron chi connectivity index (χ0n) is 10.5. The minimum atomic E-state index is -0.124. The number of benzene rings is 1. The molecule has 0 amide bonds. The lowest BCUT2D eigenvalue weighted by molar-refractivity contribution is 0.101. The quantitative estimate of drug-likeness (QED) is 0.775. The Morgan fingerprint density at radius 1 is 1.17 bits per heavy atom. The summed E-state index contributed by atoms with van der Waals surface area (Å²) in [4.78, 5) is 23.3. The summed E-state index contributed by atoms with van der Waals surface area (Å²) in [5.41, 5.74) is 2.34. The Kier molecular flexibility index (Phi) is 3.42. The number of carbonyl (C=O) groups excluding carboxylic acids is 1. The predicted octanol–water partition coefficient (Wildman–Crippen LogP) is 2.60. The number of aromatic nitrogens is 1. The van der Waals surface area contributed by atoms with Crippen LogP contribution in [0.3, 0.4) is 0 Å². The molecule has 0 aliphatic heterocycles. The zero-order valence-corrected chi connectivity index (χ0v) is 10.5. The van der Waals surface area contributed by atoms with Gasteiger partial charge in [-0.15, -0.1) is 0 Å². The van der Waals surface area contributed by atoms with Gasteiger partial charge in [0.05, 0.1) is 5.69 Å². The molecule has 0 saturated heterocycles. The van der Waals surface area contributed by atoms with E-state index in [4.69, 9.17) is 0 Å². The summed E-state index contributed by atoms with van der Waals surface area (Å²) in [7, 11) is 0. The molecule has 0 bridgehead atoms. The average Bonchev–Trinajstić information content (AvgIpc) is 2.39. The first-order valence-electron chi connectivity index (χ1n) is 5.95. The van der Waals surface area contributed by atoms with Gasteiger partial charge in [0.15, 0.2) is 5.78 Å². The van der Waals surface area contributed by atoms with Gasteiger partial charge in [0.1, 0.15) is 0 Å². The normalized spacial score (nSPS) is 10.3. The largest absolute Gasteiger partial charge is 0.294 e. The van der Waals surface area contributed by atoms with Crippen LogP contribution in [0, 0.1) is 0 Å². The number of pyridine rings is 1. The molecule has 0 atom stereocenters. The molecule has 92 valence electrons. The number of aryl methyl sites for hydroxylation is 1. The van der Waals surface area contributed by atoms with E-state index in [0.717, 1.165) is 17.7 Å². The van der Waals surface area contributed by atoms with Crippen molar-refractivity contribution >= 4 is 5.78 Å². The van der Waals surface area contributed by atoms with Crippen molar-refractivity contribution in [3.63, 3.8) is 0 Å². The Morgan fingerprint density at radius 2 is 1.89 bits per heavy atom. The van der Waals surface area contributed by atoms with E-state index in [1.807, 2.05) is 31.2 Å². The van der Waals surface area contributed by atoms with E-state index >= 15 is 0 Å². The van der Waals surface area contributed by atoms with Crippen molar-refractivity contribution in [2.75, 3.05) is 0 Å². The van der Waals surface area contributed by atoms with Gasteiger partial charge in [-0.05, 0) is 31.0 Å². The Morgan fingerprint density at radius 3 is 2.56 bits per heavy atom. The van der Waals surface area contributed by atoms with Gasteiger partial charge in [-0.1, -0.05) is 25.1 Å². The van der Waals surface area contributed by atoms with Crippen LogP contribution in [0.2, 0.25) is 0 Å². The molecule has 0 radical (unpaired) electrons. The van der Waals surface area contributed by atoms with Gasteiger partial charge in [0, 0.05) is 17.8 Å². The highest BCUT2D eigenvalue weighted by Crippen LogP contribution is 2.13. The topological polar surface area (TPSA) is 39.1 Å². The van der Waals surface area contributed by atoms with Crippen LogP contribution in [0.1, 0.15) is 29.8 Å². The summed E-state index contributed by atoms with van der Waals surface area (Å²) in [6.07, 6.45) is 2.45. The Hall–Kier alpha value is -2.16. The fourth-order valence-electron chi connectivity index (χ4n) is 1.93. The van der Waals surface area contributed by atoms with Crippen LogP contribution in [0.4, 0.5) is 0 Å². The Balaban J connectivity index is 2.66. The molecule has 3 nitrogen and oxygen atoms in total. The fraction of sp³-hybridized carbons (Fsp3) is 0.200. The second-order valence-electron chi connectivity index (χ2n) is 4.16. The number of Topliss-reactive ketones (excluding diaryl/α,β-unsaturated/α-hetero) is 1. The standard InChI is InChI=1S/C15H15NO2/c1-3-12-6-4-5-7-14(12)16-10-13(11(2)17)8-9-15(16)18/h4-10H,3H2,1-2H3. The van der Waals surface area contributed by atoms with Crippen molar-refractivity contribution < 1.29 is 4.79 Å². The summed E-state index contributed by atoms with van der Waals surface area (Å²) >= 11 is 0. The average molecular weight is 241 g/mol. The Labute approximate surface area is 106 Å². The van der Waals surface area contributed by atoms with Gasteiger partial charge in [0.25, 0.3) is 5.56 Å². The lowest BCUT2D eigenvalue weighted by Gasteiger charge is -2.11. The smallest absolute Gasteiger partial charge is 0.255 e. The molecule has 0 aliphatic rings. The van der Waals surface area contributed by atoms with Gasteiger partial charge < -0.3 is 0 Å². The van der Waals surface area contributed by atoms with E-state index in [2.05, 4.69) is 0 Å². The van der Waals surface area contributed by atoms with Crippen LogP contribution in [-0.2, 0) is 6.42 Å². The molecule has 2 rings (SSSR count). The molecule has 1 aromatic heterocycles. The third kappa shape index (κ3) is 2.25. The molecular formula is C15H15NO2. The third-order valence-electron chi connectivity index (χ3n) is 2.95. The monoisotopic (exact) mass is 241 g/mol. The molecule has 3 heteroatoms. The molecule has 0 saturated carbocycles. The number of nitrogens with zero attached hydrogens (tertiary/aromatic N) is 1. The van der Waals surface area contributed by atoms with Gasteiger partial charge in [0.2, 0.25) is 0 Å². The molecule has 0 unspecified atom stereocenters. The zero-order chi connectivity index (χ0) is 13.1. The summed E-state index contributed by atoms with van der Waals surface area (Å²) in [6, 6.07) is 10.7. The Bertz CT molecular complexity index is 641. The number of hydrogen-bond donors (Lipinski definition) is 0. The fourth-order valence-corrected chi connectivity index (χ4v) is 1.93. The first-order chi connectivity index (χ1) is 8.63. The predicted molar refractivity (Wildman–Crippen MR) is 71.4 cm³/mol. The number of ketones is 1. The summed E-state index contributed by atoms with van der Waals surface area (Å²) < 4.78 is 1.54. The molecule has 0 spiro atoms. The highest BCUT2D eigenvalue weighted by atomic mass is 16.1. The van der Waals surface area contributed by atoms with E-state index in [0.29, 0.717) is 5.56 Å². The molecule has 0 aliphatic carbocycles. The maximum atomic E-state index is 11.9. The number of rotatable bonds is 3. The number of hydrogen-bond acceptors (Lipinski definition) is 2. The summed E-state index contributed by atoms with van der Waals surface area (Å²) in [5, 5.41) is 0. The van der Waals surface area contributed by atoms with Crippen LogP contribution in [0.15, 0.2) is 47.4 Å². The molecule has 0 N–H and O–H groups in total. The lowest BCUT2D eigenvalue weighted by Crippen LogP contribution is -2.19. The summed E-state index contributed by atoms with van der Waals surface area (Å²) in [5.74, 6) is -0.0438. The first kappa shape index (κ1) is 12.3. The number of para-hydroxylation sites is 1.